The standard InChI is InChI=1S/C13H24O2/c1-2-7-15-13-6-4-10-3-5-12(14)8-11(10)9-13/h10-14H,2-9H2,1H3. The molecule has 2 saturated carbocycles. The minimum Gasteiger partial charge on any atom is -0.393 e. The number of ether oxygens (including phenoxy) is 1. The van der Waals surface area contributed by atoms with Crippen LogP contribution in [0.25, 0.3) is 0 Å². The molecule has 88 valence electrons. The van der Waals surface area contributed by atoms with Gasteiger partial charge in [0.25, 0.3) is 0 Å². The van der Waals surface area contributed by atoms with Crippen molar-refractivity contribution in [3.05, 3.63) is 0 Å². The molecule has 0 aromatic carbocycles. The molecule has 2 rings (SSSR count). The SMILES string of the molecule is CCCOC1CCC2CCC(O)CC2C1. The minimum absolute atomic E-state index is 0.0313. The molecule has 0 aromatic rings. The molecule has 0 aromatic heterocycles. The molecule has 0 spiro atoms. The Bertz CT molecular complexity index is 193. The molecule has 0 bridgehead atoms. The van der Waals surface area contributed by atoms with Crippen LogP contribution >= 0.6 is 0 Å². The van der Waals surface area contributed by atoms with Crippen LogP contribution in [0.3, 0.4) is 0 Å². The summed E-state index contributed by atoms with van der Waals surface area (Å²) in [5, 5.41) is 9.67. The summed E-state index contributed by atoms with van der Waals surface area (Å²) in [5.41, 5.74) is 0. The number of hydrogen-bond acceptors (Lipinski definition) is 2. The van der Waals surface area contributed by atoms with Crippen LogP contribution in [-0.2, 0) is 4.74 Å². The smallest absolute Gasteiger partial charge is 0.0578 e. The molecule has 15 heavy (non-hydrogen) atoms. The van der Waals surface area contributed by atoms with Gasteiger partial charge < -0.3 is 9.84 Å². The summed E-state index contributed by atoms with van der Waals surface area (Å²) in [6.07, 6.45) is 8.63. The van der Waals surface area contributed by atoms with Gasteiger partial charge >= 0.3 is 0 Å². The van der Waals surface area contributed by atoms with Crippen LogP contribution in [0.2, 0.25) is 0 Å². The van der Waals surface area contributed by atoms with Crippen molar-refractivity contribution in [1.29, 1.82) is 0 Å². The number of aliphatic hydroxyl groups excluding tert-OH is 1. The van der Waals surface area contributed by atoms with Crippen molar-refractivity contribution in [3.8, 4) is 0 Å². The highest BCUT2D eigenvalue weighted by molar-refractivity contribution is 4.86. The van der Waals surface area contributed by atoms with E-state index in [1.165, 1.54) is 25.7 Å². The summed E-state index contributed by atoms with van der Waals surface area (Å²) < 4.78 is 5.83. The second-order valence-corrected chi connectivity index (χ2v) is 5.29. The van der Waals surface area contributed by atoms with E-state index >= 15 is 0 Å². The summed E-state index contributed by atoms with van der Waals surface area (Å²) >= 11 is 0. The fraction of sp³-hybridized carbons (Fsp3) is 1.00. The summed E-state index contributed by atoms with van der Waals surface area (Å²) in [4.78, 5) is 0. The molecule has 4 unspecified atom stereocenters. The van der Waals surface area contributed by atoms with E-state index in [2.05, 4.69) is 6.92 Å². The first-order chi connectivity index (χ1) is 7.29. The van der Waals surface area contributed by atoms with Crippen LogP contribution < -0.4 is 0 Å². The fourth-order valence-electron chi connectivity index (χ4n) is 3.26. The van der Waals surface area contributed by atoms with Gasteiger partial charge in [0.1, 0.15) is 0 Å². The summed E-state index contributed by atoms with van der Waals surface area (Å²) in [7, 11) is 0. The van der Waals surface area contributed by atoms with Crippen LogP contribution in [0.15, 0.2) is 0 Å². The lowest BCUT2D eigenvalue weighted by atomic mass is 9.69. The molecule has 2 nitrogen and oxygen atoms in total. The Morgan fingerprint density at radius 2 is 1.87 bits per heavy atom. The molecule has 0 saturated heterocycles. The van der Waals surface area contributed by atoms with E-state index in [9.17, 15) is 5.11 Å². The highest BCUT2D eigenvalue weighted by Gasteiger charge is 2.35. The van der Waals surface area contributed by atoms with E-state index in [1.54, 1.807) is 0 Å². The van der Waals surface area contributed by atoms with Crippen molar-refractivity contribution in [1.82, 2.24) is 0 Å². The van der Waals surface area contributed by atoms with Gasteiger partial charge in [0, 0.05) is 6.61 Å². The Balaban J connectivity index is 1.80. The number of rotatable bonds is 3. The highest BCUT2D eigenvalue weighted by atomic mass is 16.5. The Labute approximate surface area is 93.0 Å². The first kappa shape index (κ1) is 11.4. The lowest BCUT2D eigenvalue weighted by Crippen LogP contribution is -2.35. The van der Waals surface area contributed by atoms with Crippen molar-refractivity contribution < 1.29 is 9.84 Å². The Hall–Kier alpha value is -0.0800. The van der Waals surface area contributed by atoms with Crippen molar-refractivity contribution in [2.45, 2.75) is 64.1 Å². The van der Waals surface area contributed by atoms with Gasteiger partial charge in [-0.2, -0.15) is 0 Å². The van der Waals surface area contributed by atoms with Gasteiger partial charge in [0.2, 0.25) is 0 Å². The third-order valence-corrected chi connectivity index (χ3v) is 4.09. The van der Waals surface area contributed by atoms with Crippen molar-refractivity contribution in [2.75, 3.05) is 6.61 Å². The highest BCUT2D eigenvalue weighted by Crippen LogP contribution is 2.41. The maximum absolute atomic E-state index is 9.67. The van der Waals surface area contributed by atoms with E-state index in [0.29, 0.717) is 6.10 Å². The van der Waals surface area contributed by atoms with Crippen LogP contribution in [0.4, 0.5) is 0 Å². The average molecular weight is 212 g/mol. The van der Waals surface area contributed by atoms with Gasteiger partial charge in [0.05, 0.1) is 12.2 Å². The van der Waals surface area contributed by atoms with Crippen LogP contribution in [0.5, 0.6) is 0 Å². The number of hydrogen-bond donors (Lipinski definition) is 1. The molecule has 0 radical (unpaired) electrons. The van der Waals surface area contributed by atoms with Crippen LogP contribution in [0.1, 0.15) is 51.9 Å². The van der Waals surface area contributed by atoms with E-state index in [0.717, 1.165) is 37.7 Å². The Morgan fingerprint density at radius 3 is 2.67 bits per heavy atom. The normalized spacial score (nSPS) is 41.2. The van der Waals surface area contributed by atoms with E-state index in [-0.39, 0.29) is 6.10 Å². The number of fused-ring (bicyclic) bond motifs is 1. The molecule has 2 aliphatic rings. The molecule has 2 heteroatoms. The van der Waals surface area contributed by atoms with Gasteiger partial charge in [-0.05, 0) is 56.8 Å². The maximum atomic E-state index is 9.67. The van der Waals surface area contributed by atoms with E-state index in [4.69, 9.17) is 4.74 Å². The van der Waals surface area contributed by atoms with Crippen molar-refractivity contribution in [2.24, 2.45) is 11.8 Å². The van der Waals surface area contributed by atoms with E-state index in [1.807, 2.05) is 0 Å². The fourth-order valence-corrected chi connectivity index (χ4v) is 3.26. The second kappa shape index (κ2) is 5.31. The zero-order valence-electron chi connectivity index (χ0n) is 9.82. The number of aliphatic hydroxyl groups is 1. The quantitative estimate of drug-likeness (QED) is 0.779. The Kier molecular flexibility index (Phi) is 4.04. The lowest BCUT2D eigenvalue weighted by molar-refractivity contribution is -0.0326. The molecule has 0 heterocycles. The zero-order valence-corrected chi connectivity index (χ0v) is 9.82. The van der Waals surface area contributed by atoms with Crippen molar-refractivity contribution >= 4 is 0 Å². The first-order valence-corrected chi connectivity index (χ1v) is 6.59. The molecular weight excluding hydrogens is 188 g/mol. The summed E-state index contributed by atoms with van der Waals surface area (Å²) in [5.74, 6) is 1.62. The second-order valence-electron chi connectivity index (χ2n) is 5.29. The molecule has 0 aliphatic heterocycles. The monoisotopic (exact) mass is 212 g/mol. The first-order valence-electron chi connectivity index (χ1n) is 6.59. The van der Waals surface area contributed by atoms with E-state index < -0.39 is 0 Å². The largest absolute Gasteiger partial charge is 0.393 e. The van der Waals surface area contributed by atoms with Gasteiger partial charge in [-0.25, -0.2) is 0 Å². The Morgan fingerprint density at radius 1 is 1.07 bits per heavy atom. The van der Waals surface area contributed by atoms with Crippen LogP contribution in [0, 0.1) is 11.8 Å². The predicted molar refractivity (Wildman–Crippen MR) is 60.7 cm³/mol. The minimum atomic E-state index is -0.0313. The van der Waals surface area contributed by atoms with Crippen LogP contribution in [-0.4, -0.2) is 23.9 Å². The molecule has 1 N–H and O–H groups in total. The third-order valence-electron chi connectivity index (χ3n) is 4.09. The molecule has 2 fully saturated rings. The topological polar surface area (TPSA) is 29.5 Å². The zero-order chi connectivity index (χ0) is 10.7. The molecule has 0 amide bonds. The van der Waals surface area contributed by atoms with Gasteiger partial charge in [-0.1, -0.05) is 6.92 Å². The predicted octanol–water partition coefficient (Wildman–Crippen LogP) is 2.74. The summed E-state index contributed by atoms with van der Waals surface area (Å²) in [6, 6.07) is 0. The molecule has 2 aliphatic carbocycles. The van der Waals surface area contributed by atoms with Crippen molar-refractivity contribution in [3.63, 3.8) is 0 Å². The van der Waals surface area contributed by atoms with Gasteiger partial charge in [-0.15, -0.1) is 0 Å². The average Bonchev–Trinajstić information content (AvgIpc) is 2.25. The van der Waals surface area contributed by atoms with Gasteiger partial charge in [0.15, 0.2) is 0 Å². The maximum Gasteiger partial charge on any atom is 0.0578 e. The van der Waals surface area contributed by atoms with Gasteiger partial charge in [-0.3, -0.25) is 0 Å². The lowest BCUT2D eigenvalue weighted by Gasteiger charge is -2.40. The third kappa shape index (κ3) is 2.94. The summed E-state index contributed by atoms with van der Waals surface area (Å²) in [6.45, 7) is 3.07. The molecule has 4 atom stereocenters. The molecular formula is C13H24O2.